The Morgan fingerprint density at radius 2 is 1.94 bits per heavy atom. The van der Waals surface area contributed by atoms with Crippen molar-refractivity contribution >= 4 is 10.0 Å². The molecule has 1 unspecified atom stereocenters. The molecule has 1 fully saturated rings. The third kappa shape index (κ3) is 2.81. The van der Waals surface area contributed by atoms with Gasteiger partial charge in [-0.05, 0) is 43.9 Å². The van der Waals surface area contributed by atoms with Crippen molar-refractivity contribution in [1.82, 2.24) is 4.72 Å². The Kier molecular flexibility index (Phi) is 3.18. The minimum Gasteiger partial charge on any atom is -0.208 e. The van der Waals surface area contributed by atoms with Crippen molar-refractivity contribution in [2.45, 2.75) is 30.7 Å². The van der Waals surface area contributed by atoms with Gasteiger partial charge in [0.25, 0.3) is 0 Å². The summed E-state index contributed by atoms with van der Waals surface area (Å²) >= 11 is 0. The lowest BCUT2D eigenvalue weighted by atomic mass is 10.2. The molecule has 1 aliphatic rings. The highest BCUT2D eigenvalue weighted by Gasteiger charge is 2.31. The largest absolute Gasteiger partial charge is 0.240 e. The van der Waals surface area contributed by atoms with E-state index in [0.717, 1.165) is 25.0 Å². The second kappa shape index (κ2) is 4.34. The summed E-state index contributed by atoms with van der Waals surface area (Å²) in [4.78, 5) is -0.246. The molecule has 0 saturated heterocycles. The van der Waals surface area contributed by atoms with Gasteiger partial charge >= 0.3 is 0 Å². The molecule has 0 heterocycles. The molecule has 3 nitrogen and oxygen atoms in total. The van der Waals surface area contributed by atoms with E-state index in [9.17, 15) is 17.2 Å². The molecule has 1 aliphatic carbocycles. The summed E-state index contributed by atoms with van der Waals surface area (Å²) in [5.41, 5.74) is 0. The molecule has 6 heteroatoms. The van der Waals surface area contributed by atoms with Gasteiger partial charge in [0.1, 0.15) is 0 Å². The van der Waals surface area contributed by atoms with Gasteiger partial charge in [0.15, 0.2) is 11.6 Å². The van der Waals surface area contributed by atoms with Crippen molar-refractivity contribution < 1.29 is 17.2 Å². The van der Waals surface area contributed by atoms with Crippen LogP contribution in [-0.4, -0.2) is 14.5 Å². The number of halogens is 2. The molecule has 94 valence electrons. The number of benzene rings is 1. The van der Waals surface area contributed by atoms with Gasteiger partial charge in [-0.15, -0.1) is 0 Å². The summed E-state index contributed by atoms with van der Waals surface area (Å²) in [5, 5.41) is 0. The molecule has 2 rings (SSSR count). The zero-order valence-electron chi connectivity index (χ0n) is 9.28. The van der Waals surface area contributed by atoms with Crippen LogP contribution in [0.4, 0.5) is 8.78 Å². The minimum atomic E-state index is -3.76. The van der Waals surface area contributed by atoms with E-state index in [1.54, 1.807) is 6.92 Å². The van der Waals surface area contributed by atoms with Crippen molar-refractivity contribution in [1.29, 1.82) is 0 Å². The van der Waals surface area contributed by atoms with Gasteiger partial charge in [-0.3, -0.25) is 0 Å². The zero-order valence-corrected chi connectivity index (χ0v) is 10.1. The van der Waals surface area contributed by atoms with Gasteiger partial charge in [-0.2, -0.15) is 0 Å². The Morgan fingerprint density at radius 3 is 2.47 bits per heavy atom. The Morgan fingerprint density at radius 1 is 1.29 bits per heavy atom. The van der Waals surface area contributed by atoms with Gasteiger partial charge in [0, 0.05) is 6.04 Å². The Labute approximate surface area is 98.9 Å². The van der Waals surface area contributed by atoms with Gasteiger partial charge in [-0.25, -0.2) is 21.9 Å². The van der Waals surface area contributed by atoms with Crippen LogP contribution in [0.5, 0.6) is 0 Å². The van der Waals surface area contributed by atoms with E-state index in [0.29, 0.717) is 12.0 Å². The SMILES string of the molecule is CC(NS(=O)(=O)c1ccc(F)c(F)c1)C1CC1. The highest BCUT2D eigenvalue weighted by Crippen LogP contribution is 2.33. The lowest BCUT2D eigenvalue weighted by Gasteiger charge is -2.13. The van der Waals surface area contributed by atoms with E-state index >= 15 is 0 Å². The summed E-state index contributed by atoms with van der Waals surface area (Å²) in [7, 11) is -3.76. The standard InChI is InChI=1S/C11H13F2NO2S/c1-7(8-2-3-8)14-17(15,16)9-4-5-10(12)11(13)6-9/h4-8,14H,2-3H2,1H3. The maximum Gasteiger partial charge on any atom is 0.240 e. The number of rotatable bonds is 4. The molecule has 1 N–H and O–H groups in total. The average Bonchev–Trinajstić information content (AvgIpc) is 3.04. The fourth-order valence-electron chi connectivity index (χ4n) is 1.65. The smallest absolute Gasteiger partial charge is 0.208 e. The fourth-order valence-corrected chi connectivity index (χ4v) is 2.97. The summed E-state index contributed by atoms with van der Waals surface area (Å²) in [6, 6.07) is 2.39. The third-order valence-corrected chi connectivity index (χ3v) is 4.43. The molecule has 0 aliphatic heterocycles. The number of hydrogen-bond acceptors (Lipinski definition) is 2. The molecular formula is C11H13F2NO2S. The molecule has 0 amide bonds. The predicted octanol–water partition coefficient (Wildman–Crippen LogP) is 2.04. The summed E-state index contributed by atoms with van der Waals surface area (Å²) in [6.07, 6.45) is 2.00. The maximum atomic E-state index is 13.0. The van der Waals surface area contributed by atoms with E-state index in [1.807, 2.05) is 0 Å². The number of nitrogens with one attached hydrogen (secondary N) is 1. The van der Waals surface area contributed by atoms with Crippen LogP contribution in [0.1, 0.15) is 19.8 Å². The van der Waals surface area contributed by atoms with Crippen molar-refractivity contribution in [2.24, 2.45) is 5.92 Å². The summed E-state index contributed by atoms with van der Waals surface area (Å²) < 4.78 is 51.8. The third-order valence-electron chi connectivity index (χ3n) is 2.87. The Hall–Kier alpha value is -1.01. The van der Waals surface area contributed by atoms with Gasteiger partial charge < -0.3 is 0 Å². The molecule has 1 atom stereocenters. The molecule has 0 spiro atoms. The Balaban J connectivity index is 2.21. The average molecular weight is 261 g/mol. The first-order chi connectivity index (χ1) is 7.90. The van der Waals surface area contributed by atoms with Crippen molar-refractivity contribution in [3.05, 3.63) is 29.8 Å². The van der Waals surface area contributed by atoms with Gasteiger partial charge in [-0.1, -0.05) is 0 Å². The lowest BCUT2D eigenvalue weighted by molar-refractivity contribution is 0.502. The highest BCUT2D eigenvalue weighted by molar-refractivity contribution is 7.89. The number of sulfonamides is 1. The second-order valence-corrected chi connectivity index (χ2v) is 6.04. The van der Waals surface area contributed by atoms with E-state index < -0.39 is 21.7 Å². The van der Waals surface area contributed by atoms with E-state index in [-0.39, 0.29) is 10.9 Å². The van der Waals surface area contributed by atoms with Crippen LogP contribution in [0.25, 0.3) is 0 Å². The van der Waals surface area contributed by atoms with Crippen LogP contribution >= 0.6 is 0 Å². The van der Waals surface area contributed by atoms with Gasteiger partial charge in [0.2, 0.25) is 10.0 Å². The molecule has 1 aromatic carbocycles. The number of hydrogen-bond donors (Lipinski definition) is 1. The quantitative estimate of drug-likeness (QED) is 0.901. The van der Waals surface area contributed by atoms with Crippen LogP contribution in [0.2, 0.25) is 0 Å². The molecule has 1 aromatic rings. The predicted molar refractivity (Wildman–Crippen MR) is 58.9 cm³/mol. The van der Waals surface area contributed by atoms with E-state index in [4.69, 9.17) is 0 Å². The summed E-state index contributed by atoms with van der Waals surface area (Å²) in [6.45, 7) is 1.77. The van der Waals surface area contributed by atoms with Crippen LogP contribution in [0.3, 0.4) is 0 Å². The lowest BCUT2D eigenvalue weighted by Crippen LogP contribution is -2.34. The monoisotopic (exact) mass is 261 g/mol. The second-order valence-electron chi connectivity index (χ2n) is 4.32. The molecule has 17 heavy (non-hydrogen) atoms. The minimum absolute atomic E-state index is 0.173. The molecule has 1 saturated carbocycles. The molecule has 0 aromatic heterocycles. The molecule has 0 radical (unpaired) electrons. The van der Waals surface area contributed by atoms with Gasteiger partial charge in [0.05, 0.1) is 4.90 Å². The highest BCUT2D eigenvalue weighted by atomic mass is 32.2. The fraction of sp³-hybridized carbons (Fsp3) is 0.455. The van der Waals surface area contributed by atoms with Crippen LogP contribution in [0.15, 0.2) is 23.1 Å². The van der Waals surface area contributed by atoms with Crippen LogP contribution in [0, 0.1) is 17.6 Å². The zero-order chi connectivity index (χ0) is 12.6. The van der Waals surface area contributed by atoms with Crippen LogP contribution < -0.4 is 4.72 Å². The Bertz CT molecular complexity index is 526. The van der Waals surface area contributed by atoms with Crippen molar-refractivity contribution in [3.63, 3.8) is 0 Å². The topological polar surface area (TPSA) is 46.2 Å². The first-order valence-corrected chi connectivity index (χ1v) is 6.86. The first-order valence-electron chi connectivity index (χ1n) is 5.37. The maximum absolute atomic E-state index is 13.0. The van der Waals surface area contributed by atoms with Crippen LogP contribution in [-0.2, 0) is 10.0 Å². The first kappa shape index (κ1) is 12.4. The van der Waals surface area contributed by atoms with E-state index in [2.05, 4.69) is 4.72 Å². The normalized spacial score (nSPS) is 18.1. The molecular weight excluding hydrogens is 248 g/mol. The summed E-state index contributed by atoms with van der Waals surface area (Å²) in [5.74, 6) is -1.86. The van der Waals surface area contributed by atoms with E-state index in [1.165, 1.54) is 0 Å². The molecule has 0 bridgehead atoms. The van der Waals surface area contributed by atoms with Crippen molar-refractivity contribution in [2.75, 3.05) is 0 Å². The van der Waals surface area contributed by atoms with Crippen molar-refractivity contribution in [3.8, 4) is 0 Å².